The molecule has 0 aromatic carbocycles. The molecule has 0 fully saturated rings. The van der Waals surface area contributed by atoms with E-state index >= 15 is 0 Å². The molecule has 0 spiro atoms. The van der Waals surface area contributed by atoms with Gasteiger partial charge in [0.25, 0.3) is 5.91 Å². The minimum Gasteiger partial charge on any atom is -0.480 e. The first-order valence-corrected chi connectivity index (χ1v) is 7.44. The SMILES string of the molecule is CCCc1cc(C(=O)NC(CCC)C(=O)O)sc1C. The molecule has 1 atom stereocenters. The summed E-state index contributed by atoms with van der Waals surface area (Å²) in [6, 6.07) is 1.08. The second-order valence-electron chi connectivity index (χ2n) is 4.60. The van der Waals surface area contributed by atoms with Crippen LogP contribution in [0, 0.1) is 6.92 Å². The van der Waals surface area contributed by atoms with Crippen LogP contribution in [0.1, 0.15) is 53.2 Å². The maximum absolute atomic E-state index is 12.0. The standard InChI is InChI=1S/C14H21NO3S/c1-4-6-10-8-12(19-9(10)3)13(16)15-11(7-5-2)14(17)18/h8,11H,4-7H2,1-3H3,(H,15,16)(H,17,18). The minimum atomic E-state index is -0.975. The van der Waals surface area contributed by atoms with Crippen LogP contribution in [0.4, 0.5) is 0 Å². The third kappa shape index (κ3) is 4.35. The van der Waals surface area contributed by atoms with Crippen molar-refractivity contribution in [2.24, 2.45) is 0 Å². The van der Waals surface area contributed by atoms with Crippen LogP contribution in [-0.2, 0) is 11.2 Å². The lowest BCUT2D eigenvalue weighted by Crippen LogP contribution is -2.40. The van der Waals surface area contributed by atoms with Crippen molar-refractivity contribution < 1.29 is 14.7 Å². The quantitative estimate of drug-likeness (QED) is 0.808. The lowest BCUT2D eigenvalue weighted by atomic mass is 10.1. The molecule has 5 heteroatoms. The highest BCUT2D eigenvalue weighted by Crippen LogP contribution is 2.23. The fourth-order valence-corrected chi connectivity index (χ4v) is 2.90. The Hall–Kier alpha value is -1.36. The minimum absolute atomic E-state index is 0.281. The molecule has 1 aromatic rings. The Bertz CT molecular complexity index is 454. The van der Waals surface area contributed by atoms with E-state index in [0.717, 1.165) is 24.1 Å². The first-order valence-electron chi connectivity index (χ1n) is 6.62. The molecular weight excluding hydrogens is 262 g/mol. The number of aryl methyl sites for hydroxylation is 2. The molecule has 2 N–H and O–H groups in total. The zero-order valence-corrected chi connectivity index (χ0v) is 12.5. The molecule has 0 bridgehead atoms. The summed E-state index contributed by atoms with van der Waals surface area (Å²) in [5.74, 6) is -1.26. The number of aliphatic carboxylic acids is 1. The summed E-state index contributed by atoms with van der Waals surface area (Å²) >= 11 is 1.43. The van der Waals surface area contributed by atoms with Crippen LogP contribution < -0.4 is 5.32 Å². The van der Waals surface area contributed by atoms with E-state index in [1.54, 1.807) is 0 Å². The van der Waals surface area contributed by atoms with Gasteiger partial charge in [0.2, 0.25) is 0 Å². The van der Waals surface area contributed by atoms with Gasteiger partial charge in [0.15, 0.2) is 0 Å². The Balaban J connectivity index is 2.76. The van der Waals surface area contributed by atoms with E-state index in [1.807, 2.05) is 19.9 Å². The van der Waals surface area contributed by atoms with Crippen molar-refractivity contribution in [1.29, 1.82) is 0 Å². The van der Waals surface area contributed by atoms with Crippen molar-refractivity contribution >= 4 is 23.2 Å². The van der Waals surface area contributed by atoms with Gasteiger partial charge in [0.1, 0.15) is 6.04 Å². The number of hydrogen-bond acceptors (Lipinski definition) is 3. The lowest BCUT2D eigenvalue weighted by molar-refractivity contribution is -0.139. The molecule has 0 radical (unpaired) electrons. The van der Waals surface area contributed by atoms with Crippen molar-refractivity contribution in [2.45, 2.75) is 52.5 Å². The van der Waals surface area contributed by atoms with Crippen LogP contribution >= 0.6 is 11.3 Å². The van der Waals surface area contributed by atoms with E-state index in [-0.39, 0.29) is 5.91 Å². The predicted octanol–water partition coefficient (Wildman–Crippen LogP) is 2.99. The fraction of sp³-hybridized carbons (Fsp3) is 0.571. The molecular formula is C14H21NO3S. The highest BCUT2D eigenvalue weighted by molar-refractivity contribution is 7.14. The second kappa shape index (κ2) is 7.28. The molecule has 0 aliphatic heterocycles. The van der Waals surface area contributed by atoms with Crippen molar-refractivity contribution in [2.75, 3.05) is 0 Å². The average Bonchev–Trinajstić information content (AvgIpc) is 2.71. The fourth-order valence-electron chi connectivity index (χ4n) is 1.92. The Labute approximate surface area is 117 Å². The Morgan fingerprint density at radius 3 is 2.58 bits per heavy atom. The molecule has 0 aliphatic carbocycles. The van der Waals surface area contributed by atoms with Crippen molar-refractivity contribution in [3.05, 3.63) is 21.4 Å². The van der Waals surface area contributed by atoms with Crippen molar-refractivity contribution in [3.8, 4) is 0 Å². The largest absolute Gasteiger partial charge is 0.480 e. The molecule has 1 amide bonds. The third-order valence-electron chi connectivity index (χ3n) is 2.94. The molecule has 106 valence electrons. The summed E-state index contributed by atoms with van der Waals surface area (Å²) in [5, 5.41) is 11.6. The number of carboxylic acids is 1. The number of carboxylic acid groups (broad SMARTS) is 1. The van der Waals surface area contributed by atoms with E-state index < -0.39 is 12.0 Å². The Morgan fingerprint density at radius 2 is 2.05 bits per heavy atom. The van der Waals surface area contributed by atoms with Crippen molar-refractivity contribution in [1.82, 2.24) is 5.32 Å². The van der Waals surface area contributed by atoms with Gasteiger partial charge in [-0.2, -0.15) is 0 Å². The predicted molar refractivity (Wildman–Crippen MR) is 76.8 cm³/mol. The normalized spacial score (nSPS) is 12.2. The number of nitrogens with one attached hydrogen (secondary N) is 1. The van der Waals surface area contributed by atoms with E-state index in [0.29, 0.717) is 11.3 Å². The Morgan fingerprint density at radius 1 is 1.37 bits per heavy atom. The highest BCUT2D eigenvalue weighted by atomic mass is 32.1. The van der Waals surface area contributed by atoms with E-state index in [4.69, 9.17) is 5.11 Å². The summed E-state index contributed by atoms with van der Waals surface area (Å²) in [5.41, 5.74) is 1.18. The summed E-state index contributed by atoms with van der Waals surface area (Å²) < 4.78 is 0. The Kier molecular flexibility index (Phi) is 6.02. The first kappa shape index (κ1) is 15.7. The first-order chi connectivity index (χ1) is 8.99. The zero-order chi connectivity index (χ0) is 14.4. The molecule has 0 saturated carbocycles. The summed E-state index contributed by atoms with van der Waals surface area (Å²) in [6.45, 7) is 5.99. The summed E-state index contributed by atoms with van der Waals surface area (Å²) in [4.78, 5) is 24.8. The van der Waals surface area contributed by atoms with Crippen molar-refractivity contribution in [3.63, 3.8) is 0 Å². The van der Waals surface area contributed by atoms with Crippen LogP contribution in [0.2, 0.25) is 0 Å². The molecule has 1 unspecified atom stereocenters. The zero-order valence-electron chi connectivity index (χ0n) is 11.7. The van der Waals surface area contributed by atoms with Gasteiger partial charge < -0.3 is 10.4 Å². The second-order valence-corrected chi connectivity index (χ2v) is 5.85. The van der Waals surface area contributed by atoms with Gasteiger partial charge in [0.05, 0.1) is 4.88 Å². The van der Waals surface area contributed by atoms with E-state index in [1.165, 1.54) is 16.9 Å². The summed E-state index contributed by atoms with van der Waals surface area (Å²) in [7, 11) is 0. The van der Waals surface area contributed by atoms with Gasteiger partial charge in [-0.15, -0.1) is 11.3 Å². The number of carbonyl (C=O) groups is 2. The van der Waals surface area contributed by atoms with Gasteiger partial charge in [-0.25, -0.2) is 4.79 Å². The highest BCUT2D eigenvalue weighted by Gasteiger charge is 2.21. The summed E-state index contributed by atoms with van der Waals surface area (Å²) in [6.07, 6.45) is 3.16. The number of hydrogen-bond donors (Lipinski definition) is 2. The van der Waals surface area contributed by atoms with E-state index in [2.05, 4.69) is 12.2 Å². The van der Waals surface area contributed by atoms with E-state index in [9.17, 15) is 9.59 Å². The number of carbonyl (C=O) groups excluding carboxylic acids is 1. The van der Waals surface area contributed by atoms with Crippen LogP contribution in [0.25, 0.3) is 0 Å². The van der Waals surface area contributed by atoms with Crippen LogP contribution in [0.5, 0.6) is 0 Å². The third-order valence-corrected chi connectivity index (χ3v) is 4.04. The van der Waals surface area contributed by atoms with Crippen LogP contribution in [-0.4, -0.2) is 23.0 Å². The molecule has 1 rings (SSSR count). The maximum atomic E-state index is 12.0. The van der Waals surface area contributed by atoms with Crippen LogP contribution in [0.15, 0.2) is 6.07 Å². The lowest BCUT2D eigenvalue weighted by Gasteiger charge is -2.12. The molecule has 1 heterocycles. The molecule has 19 heavy (non-hydrogen) atoms. The van der Waals surface area contributed by atoms with Gasteiger partial charge in [-0.1, -0.05) is 26.7 Å². The monoisotopic (exact) mass is 283 g/mol. The average molecular weight is 283 g/mol. The van der Waals surface area contributed by atoms with Gasteiger partial charge in [-0.05, 0) is 31.4 Å². The smallest absolute Gasteiger partial charge is 0.326 e. The van der Waals surface area contributed by atoms with Gasteiger partial charge >= 0.3 is 5.97 Å². The van der Waals surface area contributed by atoms with Gasteiger partial charge in [-0.3, -0.25) is 4.79 Å². The van der Waals surface area contributed by atoms with Crippen LogP contribution in [0.3, 0.4) is 0 Å². The molecule has 4 nitrogen and oxygen atoms in total. The number of thiophene rings is 1. The maximum Gasteiger partial charge on any atom is 0.326 e. The molecule has 0 aliphatic rings. The topological polar surface area (TPSA) is 66.4 Å². The number of rotatable bonds is 7. The number of amides is 1. The van der Waals surface area contributed by atoms with Gasteiger partial charge in [0, 0.05) is 4.88 Å². The molecule has 1 aromatic heterocycles. The molecule has 0 saturated heterocycles.